The molecule has 59 valence electrons. The lowest BCUT2D eigenvalue weighted by Crippen LogP contribution is -2.39. The summed E-state index contributed by atoms with van der Waals surface area (Å²) in [6, 6.07) is 0. The molecule has 1 fully saturated rings. The molecular weight excluding hydrogens is 152 g/mol. The number of primary sulfonamides is 1. The molecule has 0 aromatic carbocycles. The summed E-state index contributed by atoms with van der Waals surface area (Å²) in [4.78, 5) is 0. The molecule has 1 saturated heterocycles. The smallest absolute Gasteiger partial charge is 0.226 e. The highest BCUT2D eigenvalue weighted by Gasteiger charge is 2.23. The number of rotatable bonds is 1. The van der Waals surface area contributed by atoms with Gasteiger partial charge in [0.25, 0.3) is 0 Å². The van der Waals surface area contributed by atoms with Crippen molar-refractivity contribution >= 4 is 10.0 Å². The Hall–Kier alpha value is -0.130. The minimum Gasteiger partial charge on any atom is -0.227 e. The van der Waals surface area contributed by atoms with E-state index in [1.807, 2.05) is 0 Å². The summed E-state index contributed by atoms with van der Waals surface area (Å²) in [7, 11) is -3.39. The van der Waals surface area contributed by atoms with E-state index in [0.717, 1.165) is 12.8 Å². The van der Waals surface area contributed by atoms with E-state index in [9.17, 15) is 8.42 Å². The molecule has 0 aromatic rings. The molecule has 0 saturated carbocycles. The zero-order chi connectivity index (χ0) is 7.61. The Morgan fingerprint density at radius 1 is 1.40 bits per heavy atom. The minimum absolute atomic E-state index is 0.596. The lowest BCUT2D eigenvalue weighted by Gasteiger charge is -2.18. The largest absolute Gasteiger partial charge is 0.227 e. The predicted molar refractivity (Wildman–Crippen MR) is 37.7 cm³/mol. The van der Waals surface area contributed by atoms with Gasteiger partial charge in [0, 0.05) is 6.54 Å². The van der Waals surface area contributed by atoms with Crippen molar-refractivity contribution in [1.82, 2.24) is 5.32 Å². The standard InChI is InChI=1S/C5H11N2O2S/c6-10(8,9)5-3-1-2-4-7-5/h5H,1-4H2,(H2,6,8,9). The van der Waals surface area contributed by atoms with E-state index in [1.165, 1.54) is 0 Å². The van der Waals surface area contributed by atoms with Gasteiger partial charge in [-0.2, -0.15) is 0 Å². The van der Waals surface area contributed by atoms with Crippen LogP contribution in [0.3, 0.4) is 0 Å². The van der Waals surface area contributed by atoms with Gasteiger partial charge < -0.3 is 0 Å². The molecule has 4 nitrogen and oxygen atoms in total. The molecule has 1 rings (SSSR count). The Labute approximate surface area is 60.8 Å². The van der Waals surface area contributed by atoms with Crippen molar-refractivity contribution in [3.05, 3.63) is 0 Å². The average Bonchev–Trinajstić information content (AvgIpc) is 1.88. The van der Waals surface area contributed by atoms with Crippen molar-refractivity contribution in [3.8, 4) is 0 Å². The van der Waals surface area contributed by atoms with Gasteiger partial charge in [-0.3, -0.25) is 0 Å². The maximum absolute atomic E-state index is 10.7. The van der Waals surface area contributed by atoms with Crippen LogP contribution >= 0.6 is 0 Å². The Balaban J connectivity index is 2.56. The first-order chi connectivity index (χ1) is 4.61. The first-order valence-electron chi connectivity index (χ1n) is 3.29. The maximum Gasteiger partial charge on any atom is 0.226 e. The quantitative estimate of drug-likeness (QED) is 0.560. The molecule has 1 unspecified atom stereocenters. The molecule has 0 amide bonds. The number of hydrogen-bond acceptors (Lipinski definition) is 2. The molecular formula is C5H11N2O2S. The van der Waals surface area contributed by atoms with Crippen LogP contribution in [0.25, 0.3) is 0 Å². The molecule has 1 radical (unpaired) electrons. The van der Waals surface area contributed by atoms with Crippen molar-refractivity contribution in [2.45, 2.75) is 24.6 Å². The molecule has 0 bridgehead atoms. The van der Waals surface area contributed by atoms with Crippen LogP contribution in [0.2, 0.25) is 0 Å². The fourth-order valence-corrected chi connectivity index (χ4v) is 1.83. The molecule has 0 spiro atoms. The average molecular weight is 163 g/mol. The Bertz CT molecular complexity index is 194. The van der Waals surface area contributed by atoms with Crippen LogP contribution in [0.5, 0.6) is 0 Å². The number of hydrogen-bond donors (Lipinski definition) is 1. The summed E-state index contributed by atoms with van der Waals surface area (Å²) in [5.41, 5.74) is 0. The van der Waals surface area contributed by atoms with Gasteiger partial charge in [-0.25, -0.2) is 18.9 Å². The van der Waals surface area contributed by atoms with Gasteiger partial charge in [0.1, 0.15) is 5.37 Å². The third-order valence-electron chi connectivity index (χ3n) is 1.57. The SMILES string of the molecule is NS(=O)(=O)C1CCCC[N]1. The maximum atomic E-state index is 10.7. The third kappa shape index (κ3) is 1.93. The highest BCUT2D eigenvalue weighted by Crippen LogP contribution is 2.10. The van der Waals surface area contributed by atoms with Crippen molar-refractivity contribution in [1.29, 1.82) is 0 Å². The fourth-order valence-electron chi connectivity index (χ4n) is 1.03. The minimum atomic E-state index is -3.39. The normalized spacial score (nSPS) is 28.3. The zero-order valence-electron chi connectivity index (χ0n) is 5.66. The van der Waals surface area contributed by atoms with E-state index in [0.29, 0.717) is 13.0 Å². The third-order valence-corrected chi connectivity index (χ3v) is 2.71. The molecule has 1 heterocycles. The molecule has 10 heavy (non-hydrogen) atoms. The second-order valence-electron chi connectivity index (χ2n) is 2.45. The summed E-state index contributed by atoms with van der Waals surface area (Å²) in [5, 5.41) is 8.15. The summed E-state index contributed by atoms with van der Waals surface area (Å²) in [5.74, 6) is 0. The van der Waals surface area contributed by atoms with E-state index in [4.69, 9.17) is 5.14 Å². The van der Waals surface area contributed by atoms with Crippen molar-refractivity contribution < 1.29 is 8.42 Å². The first kappa shape index (κ1) is 7.97. The summed E-state index contributed by atoms with van der Waals surface area (Å²) in [6.07, 6.45) is 2.51. The fraction of sp³-hybridized carbons (Fsp3) is 1.00. The molecule has 1 aliphatic heterocycles. The molecule has 5 heteroatoms. The topological polar surface area (TPSA) is 74.3 Å². The molecule has 0 aromatic heterocycles. The number of nitrogens with two attached hydrogens (primary N) is 1. The molecule has 1 atom stereocenters. The summed E-state index contributed by atoms with van der Waals surface area (Å²) < 4.78 is 21.3. The molecule has 0 aliphatic carbocycles. The second-order valence-corrected chi connectivity index (χ2v) is 4.17. The Kier molecular flexibility index (Phi) is 2.28. The van der Waals surface area contributed by atoms with Crippen LogP contribution in [0.4, 0.5) is 0 Å². The molecule has 1 aliphatic rings. The van der Waals surface area contributed by atoms with E-state index >= 15 is 0 Å². The van der Waals surface area contributed by atoms with Gasteiger partial charge in [0.15, 0.2) is 0 Å². The van der Waals surface area contributed by atoms with Gasteiger partial charge >= 0.3 is 0 Å². The van der Waals surface area contributed by atoms with Gasteiger partial charge in [-0.1, -0.05) is 0 Å². The summed E-state index contributed by atoms with van der Waals surface area (Å²) in [6.45, 7) is 0.640. The predicted octanol–water partition coefficient (Wildman–Crippen LogP) is -0.611. The lowest BCUT2D eigenvalue weighted by molar-refractivity contribution is 0.454. The van der Waals surface area contributed by atoms with Crippen LogP contribution in [-0.4, -0.2) is 20.3 Å². The summed E-state index contributed by atoms with van der Waals surface area (Å²) >= 11 is 0. The van der Waals surface area contributed by atoms with Crippen LogP contribution in [0, 0.1) is 0 Å². The van der Waals surface area contributed by atoms with E-state index < -0.39 is 15.4 Å². The monoisotopic (exact) mass is 163 g/mol. The number of piperidine rings is 1. The Morgan fingerprint density at radius 3 is 2.40 bits per heavy atom. The van der Waals surface area contributed by atoms with E-state index in [-0.39, 0.29) is 0 Å². The van der Waals surface area contributed by atoms with Gasteiger partial charge in [-0.05, 0) is 19.3 Å². The van der Waals surface area contributed by atoms with E-state index in [1.54, 1.807) is 0 Å². The van der Waals surface area contributed by atoms with Crippen LogP contribution in [-0.2, 0) is 10.0 Å². The van der Waals surface area contributed by atoms with Gasteiger partial charge in [0.2, 0.25) is 10.0 Å². The highest BCUT2D eigenvalue weighted by molar-refractivity contribution is 7.89. The van der Waals surface area contributed by atoms with Crippen LogP contribution in [0.1, 0.15) is 19.3 Å². The van der Waals surface area contributed by atoms with Crippen molar-refractivity contribution in [3.63, 3.8) is 0 Å². The Morgan fingerprint density at radius 2 is 2.10 bits per heavy atom. The second kappa shape index (κ2) is 2.86. The van der Waals surface area contributed by atoms with Crippen LogP contribution < -0.4 is 10.5 Å². The van der Waals surface area contributed by atoms with Crippen LogP contribution in [0.15, 0.2) is 0 Å². The lowest BCUT2D eigenvalue weighted by atomic mass is 10.2. The van der Waals surface area contributed by atoms with Gasteiger partial charge in [-0.15, -0.1) is 0 Å². The molecule has 2 N–H and O–H groups in total. The van der Waals surface area contributed by atoms with E-state index in [2.05, 4.69) is 5.32 Å². The van der Waals surface area contributed by atoms with Crippen molar-refractivity contribution in [2.75, 3.05) is 6.54 Å². The zero-order valence-corrected chi connectivity index (χ0v) is 6.47. The highest BCUT2D eigenvalue weighted by atomic mass is 32.2. The first-order valence-corrected chi connectivity index (χ1v) is 4.90. The number of sulfonamides is 1. The van der Waals surface area contributed by atoms with Crippen molar-refractivity contribution in [2.24, 2.45) is 5.14 Å². The number of nitrogens with zero attached hydrogens (tertiary/aromatic N) is 1. The van der Waals surface area contributed by atoms with Gasteiger partial charge in [0.05, 0.1) is 0 Å².